The van der Waals surface area contributed by atoms with Crippen molar-refractivity contribution in [2.75, 3.05) is 13.6 Å². The van der Waals surface area contributed by atoms with Gasteiger partial charge in [-0.1, -0.05) is 18.2 Å². The zero-order valence-corrected chi connectivity index (χ0v) is 14.9. The van der Waals surface area contributed by atoms with Crippen molar-refractivity contribution in [3.63, 3.8) is 0 Å². The highest BCUT2D eigenvalue weighted by Crippen LogP contribution is 2.39. The van der Waals surface area contributed by atoms with Crippen molar-refractivity contribution in [2.45, 2.75) is 31.6 Å². The minimum absolute atomic E-state index is 0. The van der Waals surface area contributed by atoms with Gasteiger partial charge in [-0.2, -0.15) is 0 Å². The molecular formula is C20H26ClNO2. The number of aryl methyl sites for hydroxylation is 1. The van der Waals surface area contributed by atoms with Gasteiger partial charge in [-0.3, -0.25) is 0 Å². The Morgan fingerprint density at radius 1 is 1.12 bits per heavy atom. The average molecular weight is 348 g/mol. The van der Waals surface area contributed by atoms with Crippen molar-refractivity contribution in [1.82, 2.24) is 5.32 Å². The second-order valence-electron chi connectivity index (χ2n) is 6.57. The average Bonchev–Trinajstić information content (AvgIpc) is 2.53. The molecule has 0 saturated heterocycles. The van der Waals surface area contributed by atoms with Gasteiger partial charge in [0.2, 0.25) is 0 Å². The lowest BCUT2D eigenvalue weighted by Crippen LogP contribution is -2.29. The highest BCUT2D eigenvalue weighted by molar-refractivity contribution is 5.85. The molecule has 0 radical (unpaired) electrons. The molecule has 0 saturated carbocycles. The summed E-state index contributed by atoms with van der Waals surface area (Å²) >= 11 is 0. The molecule has 2 aromatic rings. The number of nitrogens with one attached hydrogen (secondary N) is 1. The first kappa shape index (κ1) is 18.6. The van der Waals surface area contributed by atoms with Gasteiger partial charge in [-0.15, -0.1) is 12.4 Å². The van der Waals surface area contributed by atoms with Gasteiger partial charge in [0.1, 0.15) is 11.5 Å². The van der Waals surface area contributed by atoms with Crippen LogP contribution in [0.3, 0.4) is 0 Å². The molecule has 0 spiro atoms. The first-order valence-electron chi connectivity index (χ1n) is 8.41. The van der Waals surface area contributed by atoms with Crippen LogP contribution in [0.4, 0.5) is 0 Å². The van der Waals surface area contributed by atoms with Crippen LogP contribution in [0, 0.1) is 5.92 Å². The third-order valence-corrected chi connectivity index (χ3v) is 4.93. The normalized spacial score (nSPS) is 17.6. The summed E-state index contributed by atoms with van der Waals surface area (Å²) in [5.74, 6) is 1.67. The van der Waals surface area contributed by atoms with Crippen molar-refractivity contribution in [1.29, 1.82) is 0 Å². The molecule has 0 bridgehead atoms. The Kier molecular flexibility index (Phi) is 6.52. The van der Waals surface area contributed by atoms with Crippen molar-refractivity contribution < 1.29 is 10.2 Å². The molecule has 2 atom stereocenters. The fourth-order valence-corrected chi connectivity index (χ4v) is 3.93. The monoisotopic (exact) mass is 347 g/mol. The Morgan fingerprint density at radius 3 is 2.67 bits per heavy atom. The Morgan fingerprint density at radius 2 is 1.92 bits per heavy atom. The molecule has 4 heteroatoms. The number of hydrogen-bond acceptors (Lipinski definition) is 3. The zero-order chi connectivity index (χ0) is 16.2. The van der Waals surface area contributed by atoms with E-state index in [1.807, 2.05) is 31.3 Å². The van der Waals surface area contributed by atoms with Gasteiger partial charge in [0, 0.05) is 0 Å². The van der Waals surface area contributed by atoms with Crippen LogP contribution in [0.5, 0.6) is 11.5 Å². The third kappa shape index (κ3) is 4.22. The molecule has 24 heavy (non-hydrogen) atoms. The van der Waals surface area contributed by atoms with Crippen LogP contribution in [-0.4, -0.2) is 23.8 Å². The first-order chi connectivity index (χ1) is 11.2. The fraction of sp³-hybridized carbons (Fsp3) is 0.400. The molecule has 1 aliphatic rings. The summed E-state index contributed by atoms with van der Waals surface area (Å²) in [6.45, 7) is 0.945. The van der Waals surface area contributed by atoms with Crippen molar-refractivity contribution in [3.8, 4) is 11.5 Å². The summed E-state index contributed by atoms with van der Waals surface area (Å²) in [7, 11) is 2.00. The number of phenols is 2. The topological polar surface area (TPSA) is 52.5 Å². The van der Waals surface area contributed by atoms with Gasteiger partial charge in [-0.05, 0) is 92.1 Å². The van der Waals surface area contributed by atoms with Gasteiger partial charge < -0.3 is 15.5 Å². The lowest BCUT2D eigenvalue weighted by molar-refractivity contribution is 0.364. The predicted molar refractivity (Wildman–Crippen MR) is 100 cm³/mol. The Bertz CT molecular complexity index is 674. The van der Waals surface area contributed by atoms with E-state index < -0.39 is 0 Å². The molecule has 3 N–H and O–H groups in total. The molecule has 2 aromatic carbocycles. The number of fused-ring (bicyclic) bond motifs is 1. The van der Waals surface area contributed by atoms with Crippen LogP contribution in [-0.2, 0) is 12.8 Å². The number of benzene rings is 2. The Balaban J connectivity index is 0.00000208. The molecule has 0 amide bonds. The largest absolute Gasteiger partial charge is 0.508 e. The highest BCUT2D eigenvalue weighted by atomic mass is 35.5. The van der Waals surface area contributed by atoms with E-state index in [4.69, 9.17) is 0 Å². The van der Waals surface area contributed by atoms with E-state index in [2.05, 4.69) is 17.4 Å². The Hall–Kier alpha value is -1.71. The van der Waals surface area contributed by atoms with Crippen molar-refractivity contribution in [3.05, 3.63) is 59.2 Å². The molecule has 0 fully saturated rings. The molecule has 3 rings (SSSR count). The summed E-state index contributed by atoms with van der Waals surface area (Å²) in [6.07, 6.45) is 4.35. The zero-order valence-electron chi connectivity index (χ0n) is 14.0. The van der Waals surface area contributed by atoms with Crippen molar-refractivity contribution in [2.24, 2.45) is 5.92 Å². The number of rotatable bonds is 5. The van der Waals surface area contributed by atoms with Gasteiger partial charge in [0.15, 0.2) is 0 Å². The quantitative estimate of drug-likeness (QED) is 0.765. The van der Waals surface area contributed by atoms with E-state index in [0.717, 1.165) is 19.4 Å². The summed E-state index contributed by atoms with van der Waals surface area (Å²) < 4.78 is 0. The van der Waals surface area contributed by atoms with E-state index in [0.29, 0.717) is 23.3 Å². The van der Waals surface area contributed by atoms with E-state index in [-0.39, 0.29) is 12.4 Å². The van der Waals surface area contributed by atoms with Gasteiger partial charge in [0.25, 0.3) is 0 Å². The predicted octanol–water partition coefficient (Wildman–Crippen LogP) is 4.02. The molecule has 2 unspecified atom stereocenters. The summed E-state index contributed by atoms with van der Waals surface area (Å²) in [5.41, 5.74) is 3.85. The lowest BCUT2D eigenvalue weighted by atomic mass is 9.73. The maximum Gasteiger partial charge on any atom is 0.115 e. The molecule has 0 aliphatic heterocycles. The molecule has 1 aliphatic carbocycles. The molecule has 130 valence electrons. The summed E-state index contributed by atoms with van der Waals surface area (Å²) in [4.78, 5) is 0. The first-order valence-corrected chi connectivity index (χ1v) is 8.41. The number of aromatic hydroxyl groups is 2. The molecular weight excluding hydrogens is 322 g/mol. The summed E-state index contributed by atoms with van der Waals surface area (Å²) in [6, 6.07) is 13.4. The second kappa shape index (κ2) is 8.41. The third-order valence-electron chi connectivity index (χ3n) is 4.93. The standard InChI is InChI=1S/C20H25NO2.ClH/c1-21-13-16(10-14-4-2-6-17(22)11-14)19-7-3-5-15-12-18(23)8-9-20(15)19;/h2,4,6,8-9,11-12,16,19,21-23H,3,5,7,10,13H2,1H3;1H. The van der Waals surface area contributed by atoms with Crippen LogP contribution in [0.1, 0.15) is 35.4 Å². The van der Waals surface area contributed by atoms with E-state index in [1.165, 1.54) is 29.5 Å². The van der Waals surface area contributed by atoms with Crippen LogP contribution < -0.4 is 5.32 Å². The van der Waals surface area contributed by atoms with E-state index in [9.17, 15) is 10.2 Å². The molecule has 3 nitrogen and oxygen atoms in total. The van der Waals surface area contributed by atoms with Crippen LogP contribution in [0.2, 0.25) is 0 Å². The smallest absolute Gasteiger partial charge is 0.115 e. The minimum atomic E-state index is 0. The lowest BCUT2D eigenvalue weighted by Gasteiger charge is -2.33. The maximum atomic E-state index is 9.74. The summed E-state index contributed by atoms with van der Waals surface area (Å²) in [5, 5.41) is 22.8. The molecule has 0 aromatic heterocycles. The second-order valence-corrected chi connectivity index (χ2v) is 6.57. The highest BCUT2D eigenvalue weighted by Gasteiger charge is 2.28. The number of phenolic OH excluding ortho intramolecular Hbond substituents is 2. The number of hydrogen-bond donors (Lipinski definition) is 3. The van der Waals surface area contributed by atoms with Crippen LogP contribution >= 0.6 is 12.4 Å². The fourth-order valence-electron chi connectivity index (χ4n) is 3.93. The Labute approximate surface area is 150 Å². The van der Waals surface area contributed by atoms with Crippen LogP contribution in [0.25, 0.3) is 0 Å². The van der Waals surface area contributed by atoms with E-state index >= 15 is 0 Å². The van der Waals surface area contributed by atoms with Crippen LogP contribution in [0.15, 0.2) is 42.5 Å². The van der Waals surface area contributed by atoms with Gasteiger partial charge in [0.05, 0.1) is 0 Å². The SMILES string of the molecule is CNCC(Cc1cccc(O)c1)C1CCCc2cc(O)ccc21.Cl. The number of halogens is 1. The van der Waals surface area contributed by atoms with E-state index in [1.54, 1.807) is 6.07 Å². The maximum absolute atomic E-state index is 9.74. The van der Waals surface area contributed by atoms with Gasteiger partial charge >= 0.3 is 0 Å². The van der Waals surface area contributed by atoms with Gasteiger partial charge in [-0.25, -0.2) is 0 Å². The van der Waals surface area contributed by atoms with Crippen molar-refractivity contribution >= 4 is 12.4 Å². The minimum Gasteiger partial charge on any atom is -0.508 e. The molecule has 0 heterocycles.